The zero-order valence-corrected chi connectivity index (χ0v) is 23.1. The van der Waals surface area contributed by atoms with E-state index in [0.29, 0.717) is 47.1 Å². The number of fused-ring (bicyclic) bond motifs is 1. The van der Waals surface area contributed by atoms with Crippen molar-refractivity contribution in [1.29, 1.82) is 0 Å². The van der Waals surface area contributed by atoms with Crippen molar-refractivity contribution in [3.8, 4) is 5.75 Å². The Morgan fingerprint density at radius 3 is 2.60 bits per heavy atom. The van der Waals surface area contributed by atoms with Crippen LogP contribution in [0.3, 0.4) is 0 Å². The van der Waals surface area contributed by atoms with Gasteiger partial charge in [0.05, 0.1) is 51.4 Å². The second-order valence-electron chi connectivity index (χ2n) is 8.12. The van der Waals surface area contributed by atoms with Gasteiger partial charge in [0, 0.05) is 19.8 Å². The normalized spacial score (nSPS) is 11.4. The van der Waals surface area contributed by atoms with Crippen molar-refractivity contribution in [3.63, 3.8) is 0 Å². The number of para-hydroxylation sites is 2. The van der Waals surface area contributed by atoms with Gasteiger partial charge in [0.2, 0.25) is 10.0 Å². The fourth-order valence-electron chi connectivity index (χ4n) is 3.57. The Bertz CT molecular complexity index is 1610. The van der Waals surface area contributed by atoms with Gasteiger partial charge in [-0.15, -0.1) is 0 Å². The SMILES string of the molecule is COCCCN=[N+]=NC(=O)c1cccc(N(c2nc3ccccc3nc2Nc2cc(OC)ccc2Cl)S(=O)[O-])c1. The first-order valence-electron chi connectivity index (χ1n) is 11.9. The average Bonchev–Trinajstić information content (AvgIpc) is 2.96. The van der Waals surface area contributed by atoms with E-state index in [-0.39, 0.29) is 22.9 Å². The molecule has 4 rings (SSSR count). The fourth-order valence-corrected chi connectivity index (χ4v) is 4.29. The minimum atomic E-state index is -2.87. The van der Waals surface area contributed by atoms with Crippen LogP contribution in [0.1, 0.15) is 16.8 Å². The van der Waals surface area contributed by atoms with Crippen LogP contribution in [0.5, 0.6) is 5.75 Å². The molecule has 40 heavy (non-hydrogen) atoms. The van der Waals surface area contributed by atoms with Gasteiger partial charge < -0.3 is 19.3 Å². The molecule has 14 heteroatoms. The average molecular weight is 582 g/mol. The number of ether oxygens (including phenoxy) is 2. The molecule has 0 aliphatic heterocycles. The first kappa shape index (κ1) is 28.7. The zero-order valence-electron chi connectivity index (χ0n) is 21.5. The van der Waals surface area contributed by atoms with E-state index < -0.39 is 17.2 Å². The molecule has 0 saturated carbocycles. The van der Waals surface area contributed by atoms with Gasteiger partial charge in [0.25, 0.3) is 0 Å². The van der Waals surface area contributed by atoms with Crippen LogP contribution in [0.2, 0.25) is 5.02 Å². The lowest BCUT2D eigenvalue weighted by Gasteiger charge is -2.27. The molecule has 0 radical (unpaired) electrons. The maximum absolute atomic E-state index is 12.6. The minimum Gasteiger partial charge on any atom is -0.755 e. The Hall–Kier alpha value is -4.26. The highest BCUT2D eigenvalue weighted by atomic mass is 35.5. The Morgan fingerprint density at radius 2 is 1.88 bits per heavy atom. The number of nitrogens with zero attached hydrogens (tertiary/aromatic N) is 6. The lowest BCUT2D eigenvalue weighted by Crippen LogP contribution is -2.22. The van der Waals surface area contributed by atoms with Crippen molar-refractivity contribution >= 4 is 62.8 Å². The summed E-state index contributed by atoms with van der Waals surface area (Å²) in [6.45, 7) is 0.858. The Kier molecular flexibility index (Phi) is 9.84. The van der Waals surface area contributed by atoms with E-state index in [9.17, 15) is 13.6 Å². The molecule has 0 spiro atoms. The van der Waals surface area contributed by atoms with E-state index in [2.05, 4.69) is 30.4 Å². The molecule has 4 aromatic rings. The smallest absolute Gasteiger partial charge is 0.360 e. The second-order valence-corrected chi connectivity index (χ2v) is 9.33. The molecule has 12 nitrogen and oxygen atoms in total. The Labute approximate surface area is 237 Å². The highest BCUT2D eigenvalue weighted by molar-refractivity contribution is 7.81. The summed E-state index contributed by atoms with van der Waals surface area (Å²) in [6.07, 6.45) is 0.633. The van der Waals surface area contributed by atoms with Gasteiger partial charge in [-0.25, -0.2) is 9.97 Å². The molecule has 3 aromatic carbocycles. The summed E-state index contributed by atoms with van der Waals surface area (Å²) >= 11 is 3.52. The maximum atomic E-state index is 12.6. The van der Waals surface area contributed by atoms with Gasteiger partial charge in [-0.05, 0) is 48.9 Å². The van der Waals surface area contributed by atoms with Crippen molar-refractivity contribution < 1.29 is 23.0 Å². The third kappa shape index (κ3) is 7.03. The van der Waals surface area contributed by atoms with Crippen LogP contribution in [0.25, 0.3) is 11.0 Å². The van der Waals surface area contributed by atoms with Gasteiger partial charge in [-0.3, -0.25) is 13.3 Å². The number of halogens is 1. The van der Waals surface area contributed by atoms with E-state index in [0.717, 1.165) is 4.31 Å². The molecule has 1 N–H and O–H groups in total. The van der Waals surface area contributed by atoms with Crippen molar-refractivity contribution in [2.24, 2.45) is 10.2 Å². The molecule has 0 aliphatic rings. The molecular weight excluding hydrogens is 558 g/mol. The predicted molar refractivity (Wildman–Crippen MR) is 151 cm³/mol. The molecule has 1 aromatic heterocycles. The minimum absolute atomic E-state index is 0.0507. The number of methoxy groups -OCH3 is 2. The van der Waals surface area contributed by atoms with E-state index in [1.54, 1.807) is 49.6 Å². The van der Waals surface area contributed by atoms with Crippen LogP contribution in [-0.2, 0) is 16.0 Å². The Balaban J connectivity index is 1.76. The van der Waals surface area contributed by atoms with Crippen LogP contribution in [0.4, 0.5) is 23.0 Å². The van der Waals surface area contributed by atoms with Gasteiger partial charge >= 0.3 is 5.91 Å². The van der Waals surface area contributed by atoms with Crippen LogP contribution in [-0.4, -0.2) is 52.0 Å². The number of nitrogens with one attached hydrogen (secondary N) is 1. The number of benzene rings is 3. The topological polar surface area (TPSA) is 156 Å². The third-order valence-corrected chi connectivity index (χ3v) is 6.46. The Morgan fingerprint density at radius 1 is 1.10 bits per heavy atom. The van der Waals surface area contributed by atoms with Crippen molar-refractivity contribution in [2.75, 3.05) is 37.0 Å². The maximum Gasteiger partial charge on any atom is 0.360 e. The number of anilines is 4. The molecule has 0 fully saturated rings. The summed E-state index contributed by atoms with van der Waals surface area (Å²) < 4.78 is 36.4. The van der Waals surface area contributed by atoms with Gasteiger partial charge in [-0.1, -0.05) is 29.8 Å². The molecule has 0 saturated heterocycles. The number of carbonyl (C=O) groups excluding carboxylic acids is 1. The van der Waals surface area contributed by atoms with E-state index in [1.165, 1.54) is 31.4 Å². The summed E-state index contributed by atoms with van der Waals surface area (Å²) in [6, 6.07) is 17.8. The predicted octanol–water partition coefficient (Wildman–Crippen LogP) is 5.12. The van der Waals surface area contributed by atoms with E-state index in [4.69, 9.17) is 21.1 Å². The number of aromatic nitrogens is 2. The molecule has 1 amide bonds. The molecular formula is C26H24ClN7O5S. The highest BCUT2D eigenvalue weighted by Gasteiger charge is 2.22. The first-order chi connectivity index (χ1) is 19.4. The number of hydrogen-bond donors (Lipinski definition) is 1. The van der Waals surface area contributed by atoms with Gasteiger partial charge in [0.1, 0.15) is 17.4 Å². The van der Waals surface area contributed by atoms with Crippen molar-refractivity contribution in [2.45, 2.75) is 6.42 Å². The van der Waals surface area contributed by atoms with Gasteiger partial charge in [0.15, 0.2) is 11.6 Å². The molecule has 0 aliphatic carbocycles. The molecule has 1 heterocycles. The summed E-state index contributed by atoms with van der Waals surface area (Å²) in [5.41, 5.74) is 1.61. The monoisotopic (exact) mass is 581 g/mol. The number of carbonyl (C=O) groups is 1. The quantitative estimate of drug-likeness (QED) is 0.111. The number of hydrogen-bond acceptors (Lipinski definition) is 9. The molecule has 1 atom stereocenters. The summed E-state index contributed by atoms with van der Waals surface area (Å²) in [7, 11) is 3.09. The van der Waals surface area contributed by atoms with Crippen molar-refractivity contribution in [1.82, 2.24) is 14.9 Å². The number of rotatable bonds is 11. The van der Waals surface area contributed by atoms with Crippen LogP contribution in [0.15, 0.2) is 77.0 Å². The van der Waals surface area contributed by atoms with Crippen molar-refractivity contribution in [3.05, 3.63) is 77.3 Å². The largest absolute Gasteiger partial charge is 0.755 e. The second kappa shape index (κ2) is 13.7. The van der Waals surface area contributed by atoms with E-state index in [1.807, 2.05) is 0 Å². The molecule has 1 unspecified atom stereocenters. The number of amides is 1. The third-order valence-electron chi connectivity index (χ3n) is 5.45. The summed E-state index contributed by atoms with van der Waals surface area (Å²) in [5, 5.41) is 10.8. The van der Waals surface area contributed by atoms with Crippen LogP contribution >= 0.6 is 11.6 Å². The van der Waals surface area contributed by atoms with Crippen LogP contribution < -0.4 is 19.3 Å². The van der Waals surface area contributed by atoms with Gasteiger partial charge in [-0.2, -0.15) is 0 Å². The lowest BCUT2D eigenvalue weighted by atomic mass is 10.2. The lowest BCUT2D eigenvalue weighted by molar-refractivity contribution is 0.0992. The fraction of sp³-hybridized carbons (Fsp3) is 0.192. The van der Waals surface area contributed by atoms with Crippen LogP contribution in [0, 0.1) is 0 Å². The standard InChI is InChI=1S/C26H24ClN7O5S/c1-38-14-6-13-28-33-32-26(35)17-7-5-8-18(15-17)34(40(36)37)25-24(29-21-9-3-4-10-22(21)31-25)30-23-16-19(39-2)11-12-20(23)27/h3-5,7-12,15-16H,6,13-14H2,1-2H3,(H-,29,30,36,37). The summed E-state index contributed by atoms with van der Waals surface area (Å²) in [5.74, 6) is -0.119. The molecule has 206 valence electrons. The first-order valence-corrected chi connectivity index (χ1v) is 13.3. The zero-order chi connectivity index (χ0) is 28.5. The summed E-state index contributed by atoms with van der Waals surface area (Å²) in [4.78, 5) is 25.4. The molecule has 0 bridgehead atoms. The highest BCUT2D eigenvalue weighted by Crippen LogP contribution is 2.36. The van der Waals surface area contributed by atoms with E-state index >= 15 is 0 Å².